The molecule has 2 aromatic carbocycles. The van der Waals surface area contributed by atoms with Gasteiger partial charge >= 0.3 is 5.97 Å². The fraction of sp³-hybridized carbons (Fsp3) is 0.318. The molecule has 0 atom stereocenters. The molecular formula is C22H26O4. The molecule has 1 N–H and O–H groups in total. The van der Waals surface area contributed by atoms with Crippen molar-refractivity contribution in [2.45, 2.75) is 33.3 Å². The number of fused-ring (bicyclic) bond motifs is 2. The third-order valence-electron chi connectivity index (χ3n) is 4.08. The number of esters is 1. The van der Waals surface area contributed by atoms with E-state index in [4.69, 9.17) is 9.47 Å². The largest absolute Gasteiger partial charge is 0.488 e. The molecule has 4 heteroatoms. The van der Waals surface area contributed by atoms with E-state index in [2.05, 4.69) is 6.07 Å². The quantitative estimate of drug-likeness (QED) is 0.839. The minimum Gasteiger partial charge on any atom is -0.488 e. The number of aliphatic hydroxyl groups excluding tert-OH is 1. The topological polar surface area (TPSA) is 55.8 Å². The van der Waals surface area contributed by atoms with Gasteiger partial charge in [0, 0.05) is 12.2 Å². The summed E-state index contributed by atoms with van der Waals surface area (Å²) in [4.78, 5) is 11.6. The predicted octanol–water partition coefficient (Wildman–Crippen LogP) is 4.13. The highest BCUT2D eigenvalue weighted by molar-refractivity contribution is 5.85. The summed E-state index contributed by atoms with van der Waals surface area (Å²) in [7, 11) is 1.39. The number of ether oxygens (including phenoxy) is 2. The Labute approximate surface area is 155 Å². The molecule has 0 unspecified atom stereocenters. The standard InChI is InChI=1S/C20H20O4.C2H6/c1-23-20(22)12-14-8-9-19-18(11-14)17(7-4-10-21)16-6-3-2-5-15(16)13-24-19;1-2/h2-3,5-9,11,21H,4,10,12-13H2,1H3;1-2H3/b17-7-;. The van der Waals surface area contributed by atoms with Crippen molar-refractivity contribution >= 4 is 11.5 Å². The summed E-state index contributed by atoms with van der Waals surface area (Å²) in [6.07, 6.45) is 2.80. The first kappa shape index (κ1) is 19.7. The lowest BCUT2D eigenvalue weighted by atomic mass is 9.92. The molecule has 0 spiro atoms. The fourth-order valence-corrected chi connectivity index (χ4v) is 2.90. The Morgan fingerprint density at radius 1 is 1.19 bits per heavy atom. The molecule has 4 nitrogen and oxygen atoms in total. The molecule has 26 heavy (non-hydrogen) atoms. The van der Waals surface area contributed by atoms with Crippen LogP contribution in [0.2, 0.25) is 0 Å². The molecule has 0 fully saturated rings. The van der Waals surface area contributed by atoms with Crippen LogP contribution in [-0.4, -0.2) is 24.8 Å². The van der Waals surface area contributed by atoms with Crippen molar-refractivity contribution in [3.8, 4) is 5.75 Å². The van der Waals surface area contributed by atoms with Crippen LogP contribution >= 0.6 is 0 Å². The van der Waals surface area contributed by atoms with Gasteiger partial charge in [0.1, 0.15) is 12.4 Å². The van der Waals surface area contributed by atoms with Crippen LogP contribution in [0.5, 0.6) is 5.75 Å². The van der Waals surface area contributed by atoms with E-state index in [1.54, 1.807) is 0 Å². The van der Waals surface area contributed by atoms with Crippen LogP contribution in [0.3, 0.4) is 0 Å². The molecule has 0 aromatic heterocycles. The van der Waals surface area contributed by atoms with Gasteiger partial charge in [-0.2, -0.15) is 0 Å². The second-order valence-corrected chi connectivity index (χ2v) is 5.66. The van der Waals surface area contributed by atoms with E-state index in [1.165, 1.54) is 7.11 Å². The van der Waals surface area contributed by atoms with Gasteiger partial charge in [0.15, 0.2) is 0 Å². The number of carbonyl (C=O) groups excluding carboxylic acids is 1. The van der Waals surface area contributed by atoms with Crippen LogP contribution in [0.1, 0.15) is 42.5 Å². The second-order valence-electron chi connectivity index (χ2n) is 5.66. The lowest BCUT2D eigenvalue weighted by Crippen LogP contribution is -2.05. The van der Waals surface area contributed by atoms with Crippen molar-refractivity contribution in [1.82, 2.24) is 0 Å². The zero-order valence-corrected chi connectivity index (χ0v) is 15.6. The molecule has 138 valence electrons. The number of rotatable bonds is 4. The number of methoxy groups -OCH3 is 1. The predicted molar refractivity (Wildman–Crippen MR) is 103 cm³/mol. The summed E-state index contributed by atoms with van der Waals surface area (Å²) < 4.78 is 10.7. The molecule has 2 aromatic rings. The van der Waals surface area contributed by atoms with Gasteiger partial charge in [-0.05, 0) is 40.8 Å². The van der Waals surface area contributed by atoms with E-state index in [0.717, 1.165) is 33.6 Å². The van der Waals surface area contributed by atoms with E-state index in [-0.39, 0.29) is 19.0 Å². The minimum atomic E-state index is -0.272. The van der Waals surface area contributed by atoms with Gasteiger partial charge in [-0.25, -0.2) is 0 Å². The monoisotopic (exact) mass is 354 g/mol. The molecule has 0 bridgehead atoms. The van der Waals surface area contributed by atoms with Crippen LogP contribution in [0, 0.1) is 0 Å². The normalized spacial score (nSPS) is 13.5. The van der Waals surface area contributed by atoms with E-state index >= 15 is 0 Å². The van der Waals surface area contributed by atoms with Gasteiger partial charge < -0.3 is 14.6 Å². The maximum atomic E-state index is 11.6. The van der Waals surface area contributed by atoms with Gasteiger partial charge in [0.2, 0.25) is 0 Å². The fourth-order valence-electron chi connectivity index (χ4n) is 2.90. The summed E-state index contributed by atoms with van der Waals surface area (Å²) in [6, 6.07) is 13.8. The van der Waals surface area contributed by atoms with Crippen LogP contribution in [0.15, 0.2) is 48.5 Å². The van der Waals surface area contributed by atoms with Crippen LogP contribution in [0.4, 0.5) is 0 Å². The smallest absolute Gasteiger partial charge is 0.309 e. The number of carbonyl (C=O) groups is 1. The zero-order chi connectivity index (χ0) is 18.9. The Hall–Kier alpha value is -2.59. The average molecular weight is 354 g/mol. The Morgan fingerprint density at radius 3 is 2.69 bits per heavy atom. The van der Waals surface area contributed by atoms with Crippen molar-refractivity contribution < 1.29 is 19.4 Å². The first-order valence-electron chi connectivity index (χ1n) is 8.95. The van der Waals surface area contributed by atoms with E-state index in [0.29, 0.717) is 13.0 Å². The third-order valence-corrected chi connectivity index (χ3v) is 4.08. The molecule has 0 saturated carbocycles. The van der Waals surface area contributed by atoms with Crippen molar-refractivity contribution in [1.29, 1.82) is 0 Å². The molecule has 0 saturated heterocycles. The lowest BCUT2D eigenvalue weighted by molar-refractivity contribution is -0.139. The van der Waals surface area contributed by atoms with Crippen molar-refractivity contribution in [2.24, 2.45) is 0 Å². The van der Waals surface area contributed by atoms with Crippen molar-refractivity contribution in [3.05, 3.63) is 70.8 Å². The van der Waals surface area contributed by atoms with E-state index in [9.17, 15) is 9.90 Å². The molecule has 1 aliphatic heterocycles. The maximum Gasteiger partial charge on any atom is 0.309 e. The Morgan fingerprint density at radius 2 is 1.96 bits per heavy atom. The second kappa shape index (κ2) is 9.78. The zero-order valence-electron chi connectivity index (χ0n) is 15.6. The van der Waals surface area contributed by atoms with Crippen LogP contribution < -0.4 is 4.74 Å². The lowest BCUT2D eigenvalue weighted by Gasteiger charge is -2.12. The molecule has 0 amide bonds. The average Bonchev–Trinajstić information content (AvgIpc) is 2.84. The highest BCUT2D eigenvalue weighted by atomic mass is 16.5. The number of benzene rings is 2. The first-order chi connectivity index (χ1) is 12.7. The maximum absolute atomic E-state index is 11.6. The van der Waals surface area contributed by atoms with E-state index in [1.807, 2.05) is 56.3 Å². The van der Waals surface area contributed by atoms with Crippen LogP contribution in [-0.2, 0) is 22.6 Å². The molecule has 1 heterocycles. The Bertz CT molecular complexity index is 777. The summed E-state index contributed by atoms with van der Waals surface area (Å²) in [6.45, 7) is 4.58. The molecular weight excluding hydrogens is 328 g/mol. The Balaban J connectivity index is 0.00000117. The molecule has 0 aliphatic carbocycles. The molecule has 1 aliphatic rings. The van der Waals surface area contributed by atoms with Gasteiger partial charge in [-0.1, -0.05) is 50.3 Å². The molecule has 0 radical (unpaired) electrons. The SMILES string of the molecule is CC.COC(=O)Cc1ccc2c(c1)/C(=C\CCO)c1ccccc1CO2. The van der Waals surface area contributed by atoms with Crippen molar-refractivity contribution in [3.63, 3.8) is 0 Å². The number of aliphatic hydroxyl groups is 1. The number of hydrogen-bond acceptors (Lipinski definition) is 4. The summed E-state index contributed by atoms with van der Waals surface area (Å²) in [5, 5.41) is 9.23. The van der Waals surface area contributed by atoms with Gasteiger partial charge in [0.05, 0.1) is 13.5 Å². The minimum absolute atomic E-state index is 0.0870. The van der Waals surface area contributed by atoms with E-state index < -0.39 is 0 Å². The Kier molecular flexibility index (Phi) is 7.42. The summed E-state index contributed by atoms with van der Waals surface area (Å²) in [5.41, 5.74) is 5.04. The summed E-state index contributed by atoms with van der Waals surface area (Å²) >= 11 is 0. The molecule has 3 rings (SSSR count). The third kappa shape index (κ3) is 4.52. The van der Waals surface area contributed by atoms with Gasteiger partial charge in [0.25, 0.3) is 0 Å². The van der Waals surface area contributed by atoms with Crippen LogP contribution in [0.25, 0.3) is 5.57 Å². The van der Waals surface area contributed by atoms with Gasteiger partial charge in [-0.3, -0.25) is 4.79 Å². The number of hydrogen-bond donors (Lipinski definition) is 1. The highest BCUT2D eigenvalue weighted by Crippen LogP contribution is 2.37. The first-order valence-corrected chi connectivity index (χ1v) is 8.95. The van der Waals surface area contributed by atoms with Gasteiger partial charge in [-0.15, -0.1) is 0 Å². The van der Waals surface area contributed by atoms with Crippen molar-refractivity contribution in [2.75, 3.05) is 13.7 Å². The summed E-state index contributed by atoms with van der Waals surface area (Å²) in [5.74, 6) is 0.509. The highest BCUT2D eigenvalue weighted by Gasteiger charge is 2.19.